The van der Waals surface area contributed by atoms with Gasteiger partial charge < -0.3 is 15.2 Å². The van der Waals surface area contributed by atoms with Crippen molar-refractivity contribution in [2.24, 2.45) is 0 Å². The van der Waals surface area contributed by atoms with E-state index in [2.05, 4.69) is 5.32 Å². The summed E-state index contributed by atoms with van der Waals surface area (Å²) >= 11 is 5.76. The van der Waals surface area contributed by atoms with Crippen molar-refractivity contribution in [2.45, 2.75) is 6.10 Å². The van der Waals surface area contributed by atoms with Crippen LogP contribution in [0.4, 0.5) is 5.69 Å². The summed E-state index contributed by atoms with van der Waals surface area (Å²) in [5.74, 6) is -0.144. The fourth-order valence-corrected chi connectivity index (χ4v) is 1.77. The Morgan fingerprint density at radius 2 is 2.11 bits per heavy atom. The second-order valence-corrected chi connectivity index (χ2v) is 4.80. The number of nitrogens with zero attached hydrogens (tertiary/aromatic N) is 1. The molecule has 1 atom stereocenters. The Morgan fingerprint density at radius 1 is 1.47 bits per heavy atom. The minimum atomic E-state index is -0.599. The van der Waals surface area contributed by atoms with E-state index in [1.807, 2.05) is 0 Å². The SMILES string of the molecule is COCC(O)CN(C)CC(=O)Nc1ccc(Cl)cc1. The van der Waals surface area contributed by atoms with Crippen molar-refractivity contribution in [1.82, 2.24) is 4.90 Å². The van der Waals surface area contributed by atoms with E-state index in [1.165, 1.54) is 7.11 Å². The number of nitrogens with one attached hydrogen (secondary N) is 1. The van der Waals surface area contributed by atoms with Crippen LogP contribution in [0, 0.1) is 0 Å². The summed E-state index contributed by atoms with van der Waals surface area (Å²) in [5, 5.41) is 12.9. The first-order valence-corrected chi connectivity index (χ1v) is 6.30. The van der Waals surface area contributed by atoms with Crippen LogP contribution in [0.5, 0.6) is 0 Å². The lowest BCUT2D eigenvalue weighted by Crippen LogP contribution is -2.37. The second kappa shape index (κ2) is 8.12. The Balaban J connectivity index is 2.36. The number of ether oxygens (including phenoxy) is 1. The van der Waals surface area contributed by atoms with Crippen LogP contribution in [0.3, 0.4) is 0 Å². The molecule has 0 heterocycles. The van der Waals surface area contributed by atoms with Gasteiger partial charge in [-0.05, 0) is 31.3 Å². The minimum Gasteiger partial charge on any atom is -0.389 e. The van der Waals surface area contributed by atoms with Gasteiger partial charge in [0, 0.05) is 24.4 Å². The summed E-state index contributed by atoms with van der Waals surface area (Å²) in [6.45, 7) is 0.828. The summed E-state index contributed by atoms with van der Waals surface area (Å²) in [7, 11) is 3.29. The maximum absolute atomic E-state index is 11.7. The predicted octanol–water partition coefficient (Wildman–Crippen LogP) is 1.22. The van der Waals surface area contributed by atoms with Gasteiger partial charge in [0.05, 0.1) is 19.3 Å². The highest BCUT2D eigenvalue weighted by atomic mass is 35.5. The zero-order chi connectivity index (χ0) is 14.3. The zero-order valence-corrected chi connectivity index (χ0v) is 11.9. The third-order valence-corrected chi connectivity index (χ3v) is 2.67. The maximum atomic E-state index is 11.7. The third kappa shape index (κ3) is 6.54. The number of carbonyl (C=O) groups excluding carboxylic acids is 1. The number of rotatable bonds is 7. The van der Waals surface area contributed by atoms with Gasteiger partial charge in [-0.15, -0.1) is 0 Å². The van der Waals surface area contributed by atoms with Crippen LogP contribution < -0.4 is 5.32 Å². The van der Waals surface area contributed by atoms with Crippen LogP contribution in [0.15, 0.2) is 24.3 Å². The lowest BCUT2D eigenvalue weighted by Gasteiger charge is -2.19. The number of aliphatic hydroxyl groups is 1. The van der Waals surface area contributed by atoms with Crippen LogP contribution in [0.2, 0.25) is 5.02 Å². The monoisotopic (exact) mass is 286 g/mol. The molecule has 0 saturated heterocycles. The summed E-state index contributed by atoms with van der Waals surface area (Å²) in [6, 6.07) is 6.90. The van der Waals surface area contributed by atoms with Gasteiger partial charge in [0.15, 0.2) is 0 Å². The molecule has 0 aliphatic carbocycles. The topological polar surface area (TPSA) is 61.8 Å². The number of benzene rings is 1. The number of hydrogen-bond donors (Lipinski definition) is 2. The predicted molar refractivity (Wildman–Crippen MR) is 75.5 cm³/mol. The van der Waals surface area contributed by atoms with Crippen molar-refractivity contribution in [1.29, 1.82) is 0 Å². The van der Waals surface area contributed by atoms with Crippen LogP contribution in [0.25, 0.3) is 0 Å². The molecule has 1 aromatic rings. The van der Waals surface area contributed by atoms with E-state index in [9.17, 15) is 9.90 Å². The third-order valence-electron chi connectivity index (χ3n) is 2.42. The molecule has 1 unspecified atom stereocenters. The molecule has 1 amide bonds. The van der Waals surface area contributed by atoms with Gasteiger partial charge in [0.25, 0.3) is 0 Å². The molecule has 0 aromatic heterocycles. The Labute approximate surface area is 118 Å². The van der Waals surface area contributed by atoms with Crippen molar-refractivity contribution >= 4 is 23.2 Å². The van der Waals surface area contributed by atoms with E-state index in [1.54, 1.807) is 36.2 Å². The first-order valence-electron chi connectivity index (χ1n) is 5.92. The lowest BCUT2D eigenvalue weighted by molar-refractivity contribution is -0.117. The number of carbonyl (C=O) groups is 1. The van der Waals surface area contributed by atoms with Gasteiger partial charge in [-0.1, -0.05) is 11.6 Å². The Bertz CT molecular complexity index is 397. The average molecular weight is 287 g/mol. The molecule has 0 fully saturated rings. The molecule has 0 radical (unpaired) electrons. The van der Waals surface area contributed by atoms with Crippen LogP contribution in [0.1, 0.15) is 0 Å². The molecular formula is C13H19ClN2O3. The number of aliphatic hydroxyl groups excluding tert-OH is 1. The summed E-state index contributed by atoms with van der Waals surface area (Å²) in [4.78, 5) is 13.5. The van der Waals surface area contributed by atoms with Gasteiger partial charge in [-0.2, -0.15) is 0 Å². The first-order chi connectivity index (χ1) is 9.01. The highest BCUT2D eigenvalue weighted by molar-refractivity contribution is 6.30. The minimum absolute atomic E-state index is 0.144. The molecule has 6 heteroatoms. The molecule has 106 valence electrons. The Hall–Kier alpha value is -1.14. The molecule has 0 aliphatic heterocycles. The molecule has 19 heavy (non-hydrogen) atoms. The molecule has 0 bridgehead atoms. The number of likely N-dealkylation sites (N-methyl/N-ethyl adjacent to an activating group) is 1. The smallest absolute Gasteiger partial charge is 0.238 e. The van der Waals surface area contributed by atoms with Gasteiger partial charge in [0.1, 0.15) is 0 Å². The van der Waals surface area contributed by atoms with Crippen molar-refractivity contribution in [2.75, 3.05) is 39.2 Å². The molecule has 0 saturated carbocycles. The largest absolute Gasteiger partial charge is 0.389 e. The average Bonchev–Trinajstić information content (AvgIpc) is 2.32. The van der Waals surface area contributed by atoms with Crippen LogP contribution >= 0.6 is 11.6 Å². The zero-order valence-electron chi connectivity index (χ0n) is 11.1. The highest BCUT2D eigenvalue weighted by Gasteiger charge is 2.11. The fraction of sp³-hybridized carbons (Fsp3) is 0.462. The van der Waals surface area contributed by atoms with Crippen LogP contribution in [-0.4, -0.2) is 55.9 Å². The molecule has 1 aromatic carbocycles. The van der Waals surface area contributed by atoms with E-state index < -0.39 is 6.10 Å². The van der Waals surface area contributed by atoms with E-state index in [4.69, 9.17) is 16.3 Å². The molecule has 2 N–H and O–H groups in total. The first kappa shape index (κ1) is 15.9. The number of amides is 1. The second-order valence-electron chi connectivity index (χ2n) is 4.36. The van der Waals surface area contributed by atoms with E-state index in [0.717, 1.165) is 0 Å². The normalized spacial score (nSPS) is 12.5. The molecule has 5 nitrogen and oxygen atoms in total. The number of methoxy groups -OCH3 is 1. The Kier molecular flexibility index (Phi) is 6.80. The van der Waals surface area contributed by atoms with Gasteiger partial charge >= 0.3 is 0 Å². The number of halogens is 1. The van der Waals surface area contributed by atoms with E-state index >= 15 is 0 Å². The maximum Gasteiger partial charge on any atom is 0.238 e. The number of hydrogen-bond acceptors (Lipinski definition) is 4. The highest BCUT2D eigenvalue weighted by Crippen LogP contribution is 2.13. The summed E-state index contributed by atoms with van der Waals surface area (Å²) < 4.78 is 4.83. The molecule has 0 spiro atoms. The summed E-state index contributed by atoms with van der Waals surface area (Å²) in [5.41, 5.74) is 0.695. The van der Waals surface area contributed by atoms with Crippen molar-refractivity contribution in [3.8, 4) is 0 Å². The van der Waals surface area contributed by atoms with E-state index in [0.29, 0.717) is 17.3 Å². The molecule has 1 rings (SSSR count). The van der Waals surface area contributed by atoms with Crippen molar-refractivity contribution in [3.63, 3.8) is 0 Å². The quantitative estimate of drug-likeness (QED) is 0.791. The van der Waals surface area contributed by atoms with Crippen molar-refractivity contribution in [3.05, 3.63) is 29.3 Å². The Morgan fingerprint density at radius 3 is 2.68 bits per heavy atom. The van der Waals surface area contributed by atoms with Crippen molar-refractivity contribution < 1.29 is 14.6 Å². The molecule has 0 aliphatic rings. The van der Waals surface area contributed by atoms with Gasteiger partial charge in [-0.3, -0.25) is 9.69 Å². The lowest BCUT2D eigenvalue weighted by atomic mass is 10.3. The van der Waals surface area contributed by atoms with Crippen LogP contribution in [-0.2, 0) is 9.53 Å². The number of anilines is 1. The molecular weight excluding hydrogens is 268 g/mol. The summed E-state index contributed by atoms with van der Waals surface area (Å²) in [6.07, 6.45) is -0.599. The fourth-order valence-electron chi connectivity index (χ4n) is 1.65. The van der Waals surface area contributed by atoms with Gasteiger partial charge in [0.2, 0.25) is 5.91 Å². The van der Waals surface area contributed by atoms with Gasteiger partial charge in [-0.25, -0.2) is 0 Å². The van der Waals surface area contributed by atoms with E-state index in [-0.39, 0.29) is 19.1 Å². The standard InChI is InChI=1S/C13H19ClN2O3/c1-16(7-12(17)9-19-2)8-13(18)15-11-5-3-10(14)4-6-11/h3-6,12,17H,7-9H2,1-2H3,(H,15,18).